The van der Waals surface area contributed by atoms with Crippen molar-refractivity contribution >= 4 is 27.5 Å². The third-order valence-electron chi connectivity index (χ3n) is 6.33. The van der Waals surface area contributed by atoms with Crippen LogP contribution in [0.5, 0.6) is 0 Å². The lowest BCUT2D eigenvalue weighted by Crippen LogP contribution is -2.41. The molecule has 6 nitrogen and oxygen atoms in total. The van der Waals surface area contributed by atoms with Gasteiger partial charge in [-0.15, -0.1) is 0 Å². The Morgan fingerprint density at radius 3 is 2.41 bits per heavy atom. The van der Waals surface area contributed by atoms with Gasteiger partial charge in [0, 0.05) is 18.7 Å². The van der Waals surface area contributed by atoms with Gasteiger partial charge in [0.2, 0.25) is 5.91 Å². The molecule has 2 atom stereocenters. The van der Waals surface area contributed by atoms with E-state index in [-0.39, 0.29) is 23.5 Å². The largest absolute Gasteiger partial charge is 0.341 e. The number of rotatable bonds is 7. The topological polar surface area (TPSA) is 72.3 Å². The van der Waals surface area contributed by atoms with Crippen molar-refractivity contribution in [1.29, 1.82) is 0 Å². The molecule has 0 bridgehead atoms. The van der Waals surface area contributed by atoms with Gasteiger partial charge in [0.15, 0.2) is 15.0 Å². The summed E-state index contributed by atoms with van der Waals surface area (Å²) in [6, 6.07) is 18.1. The second kappa shape index (κ2) is 9.96. The second-order valence-electron chi connectivity index (χ2n) is 9.11. The minimum atomic E-state index is -3.06. The van der Waals surface area contributed by atoms with Gasteiger partial charge in [0.25, 0.3) is 0 Å². The SMILES string of the molecule is CC(C)c1ccccc1-n1c(-c2ccccc2)cnc1S[C@H](C)C(=O)N(C)[C@@H]1CCS(=O)(=O)C1. The molecule has 0 aliphatic carbocycles. The summed E-state index contributed by atoms with van der Waals surface area (Å²) in [6.45, 7) is 6.20. The number of carbonyl (C=O) groups is 1. The highest BCUT2D eigenvalue weighted by Crippen LogP contribution is 2.35. The number of hydrogen-bond donors (Lipinski definition) is 0. The predicted molar refractivity (Wildman–Crippen MR) is 138 cm³/mol. The molecular weight excluding hydrogens is 466 g/mol. The molecule has 1 aliphatic heterocycles. The molecule has 0 radical (unpaired) electrons. The highest BCUT2D eigenvalue weighted by atomic mass is 32.2. The quantitative estimate of drug-likeness (QED) is 0.439. The van der Waals surface area contributed by atoms with Gasteiger partial charge in [0.05, 0.1) is 34.3 Å². The zero-order valence-corrected chi connectivity index (χ0v) is 21.6. The number of nitrogens with zero attached hydrogens (tertiary/aromatic N) is 3. The molecule has 1 amide bonds. The van der Waals surface area contributed by atoms with Crippen molar-refractivity contribution in [3.8, 4) is 16.9 Å². The van der Waals surface area contributed by atoms with Crippen LogP contribution in [-0.4, -0.2) is 58.6 Å². The van der Waals surface area contributed by atoms with Gasteiger partial charge in [-0.05, 0) is 30.9 Å². The highest BCUT2D eigenvalue weighted by molar-refractivity contribution is 8.00. The summed E-state index contributed by atoms with van der Waals surface area (Å²) in [4.78, 5) is 19.6. The Kier molecular flexibility index (Phi) is 7.19. The first-order chi connectivity index (χ1) is 16.2. The van der Waals surface area contributed by atoms with Crippen LogP contribution < -0.4 is 0 Å². The van der Waals surface area contributed by atoms with Crippen LogP contribution in [0.4, 0.5) is 0 Å². The summed E-state index contributed by atoms with van der Waals surface area (Å²) in [5, 5.41) is 0.324. The van der Waals surface area contributed by atoms with E-state index in [9.17, 15) is 13.2 Å². The van der Waals surface area contributed by atoms with Gasteiger partial charge in [-0.2, -0.15) is 0 Å². The zero-order chi connectivity index (χ0) is 24.5. The van der Waals surface area contributed by atoms with Crippen molar-refractivity contribution in [2.24, 2.45) is 0 Å². The Labute approximate surface area is 206 Å². The van der Waals surface area contributed by atoms with Crippen LogP contribution in [0.15, 0.2) is 66.0 Å². The minimum Gasteiger partial charge on any atom is -0.341 e. The molecule has 3 aromatic rings. The molecule has 4 rings (SSSR count). The second-order valence-corrected chi connectivity index (χ2v) is 12.6. The van der Waals surface area contributed by atoms with Crippen LogP contribution in [0.3, 0.4) is 0 Å². The van der Waals surface area contributed by atoms with Crippen molar-refractivity contribution in [3.63, 3.8) is 0 Å². The molecule has 1 aliphatic rings. The minimum absolute atomic E-state index is 0.0428. The summed E-state index contributed by atoms with van der Waals surface area (Å²) in [5.41, 5.74) is 4.26. The van der Waals surface area contributed by atoms with E-state index in [1.54, 1.807) is 11.9 Å². The van der Waals surface area contributed by atoms with Crippen LogP contribution in [0.2, 0.25) is 0 Å². The summed E-state index contributed by atoms with van der Waals surface area (Å²) < 4.78 is 25.9. The average Bonchev–Trinajstić information content (AvgIpc) is 3.41. The normalized spacial score (nSPS) is 18.2. The molecule has 0 unspecified atom stereocenters. The van der Waals surface area contributed by atoms with Crippen molar-refractivity contribution in [2.75, 3.05) is 18.6 Å². The molecule has 0 N–H and O–H groups in total. The molecular formula is C26H31N3O3S2. The van der Waals surface area contributed by atoms with Crippen LogP contribution in [0.25, 0.3) is 16.9 Å². The molecule has 1 fully saturated rings. The van der Waals surface area contributed by atoms with Gasteiger partial charge in [-0.25, -0.2) is 13.4 Å². The van der Waals surface area contributed by atoms with Crippen LogP contribution in [0.1, 0.15) is 38.7 Å². The van der Waals surface area contributed by atoms with E-state index in [0.717, 1.165) is 22.1 Å². The smallest absolute Gasteiger partial charge is 0.235 e. The summed E-state index contributed by atoms with van der Waals surface area (Å²) in [5.74, 6) is 0.420. The molecule has 2 aromatic carbocycles. The fourth-order valence-corrected chi connectivity index (χ4v) is 7.17. The van der Waals surface area contributed by atoms with E-state index < -0.39 is 15.1 Å². The first kappa shape index (κ1) is 24.5. The maximum atomic E-state index is 13.2. The Hall–Kier alpha value is -2.58. The third-order valence-corrected chi connectivity index (χ3v) is 9.14. The fourth-order valence-electron chi connectivity index (χ4n) is 4.40. The summed E-state index contributed by atoms with van der Waals surface area (Å²) >= 11 is 1.41. The van der Waals surface area contributed by atoms with Crippen molar-refractivity contribution < 1.29 is 13.2 Å². The Morgan fingerprint density at radius 2 is 1.76 bits per heavy atom. The van der Waals surface area contributed by atoms with E-state index in [0.29, 0.717) is 12.3 Å². The molecule has 180 valence electrons. The van der Waals surface area contributed by atoms with E-state index >= 15 is 0 Å². The van der Waals surface area contributed by atoms with Gasteiger partial charge in [-0.1, -0.05) is 74.1 Å². The molecule has 0 saturated carbocycles. The third kappa shape index (κ3) is 5.08. The number of thioether (sulfide) groups is 1. The first-order valence-corrected chi connectivity index (χ1v) is 14.2. The number of para-hydroxylation sites is 1. The number of benzene rings is 2. The lowest BCUT2D eigenvalue weighted by atomic mass is 10.0. The molecule has 2 heterocycles. The number of carbonyl (C=O) groups excluding carboxylic acids is 1. The van der Waals surface area contributed by atoms with Crippen LogP contribution in [0, 0.1) is 0 Å². The number of sulfone groups is 1. The van der Waals surface area contributed by atoms with Gasteiger partial charge < -0.3 is 4.90 Å². The Balaban J connectivity index is 1.69. The highest BCUT2D eigenvalue weighted by Gasteiger charge is 2.34. The zero-order valence-electron chi connectivity index (χ0n) is 20.0. The molecule has 0 spiro atoms. The van der Waals surface area contributed by atoms with Crippen LogP contribution in [-0.2, 0) is 14.6 Å². The molecule has 1 aromatic heterocycles. The van der Waals surface area contributed by atoms with Crippen molar-refractivity contribution in [2.45, 2.75) is 49.6 Å². The number of hydrogen-bond acceptors (Lipinski definition) is 5. The van der Waals surface area contributed by atoms with E-state index in [2.05, 4.69) is 42.7 Å². The standard InChI is InChI=1S/C26H31N3O3S2/c1-18(2)22-12-8-9-13-23(22)29-24(20-10-6-5-7-11-20)16-27-26(29)33-19(3)25(30)28(4)21-14-15-34(31,32)17-21/h5-13,16,18-19,21H,14-15,17H2,1-4H3/t19-,21-/m1/s1. The number of amides is 1. The Bertz CT molecular complexity index is 1270. The van der Waals surface area contributed by atoms with E-state index in [4.69, 9.17) is 4.98 Å². The van der Waals surface area contributed by atoms with E-state index in [1.165, 1.54) is 17.3 Å². The average molecular weight is 498 g/mol. The lowest BCUT2D eigenvalue weighted by Gasteiger charge is -2.26. The van der Waals surface area contributed by atoms with Crippen molar-refractivity contribution in [1.82, 2.24) is 14.5 Å². The summed E-state index contributed by atoms with van der Waals surface area (Å²) in [6.07, 6.45) is 2.36. The lowest BCUT2D eigenvalue weighted by molar-refractivity contribution is -0.130. The van der Waals surface area contributed by atoms with Gasteiger partial charge in [-0.3, -0.25) is 9.36 Å². The maximum Gasteiger partial charge on any atom is 0.235 e. The van der Waals surface area contributed by atoms with Gasteiger partial charge in [0.1, 0.15) is 0 Å². The molecule has 1 saturated heterocycles. The number of imidazole rings is 1. The molecule has 34 heavy (non-hydrogen) atoms. The monoisotopic (exact) mass is 497 g/mol. The van der Waals surface area contributed by atoms with Gasteiger partial charge >= 0.3 is 0 Å². The van der Waals surface area contributed by atoms with Crippen molar-refractivity contribution in [3.05, 3.63) is 66.4 Å². The van der Waals surface area contributed by atoms with Crippen LogP contribution >= 0.6 is 11.8 Å². The molecule has 8 heteroatoms. The van der Waals surface area contributed by atoms with E-state index in [1.807, 2.05) is 43.5 Å². The fraction of sp³-hybridized carbons (Fsp3) is 0.385. The number of aromatic nitrogens is 2. The maximum absolute atomic E-state index is 13.2. The summed E-state index contributed by atoms with van der Waals surface area (Å²) in [7, 11) is -1.35. The predicted octanol–water partition coefficient (Wildman–Crippen LogP) is 4.79. The Morgan fingerprint density at radius 1 is 1.09 bits per heavy atom. The first-order valence-electron chi connectivity index (χ1n) is 11.5.